The van der Waals surface area contributed by atoms with Crippen LogP contribution in [-0.2, 0) is 4.79 Å². The summed E-state index contributed by atoms with van der Waals surface area (Å²) in [5.74, 6) is -1.40. The molecule has 0 spiro atoms. The molecular formula is C28H29ClF3N5O2. The van der Waals surface area contributed by atoms with E-state index in [1.165, 1.54) is 0 Å². The van der Waals surface area contributed by atoms with E-state index in [2.05, 4.69) is 19.8 Å². The first-order chi connectivity index (χ1) is 18.6. The van der Waals surface area contributed by atoms with E-state index in [4.69, 9.17) is 17.3 Å². The number of nitrogens with two attached hydrogens (primary N) is 1. The molecule has 1 amide bonds. The predicted molar refractivity (Wildman–Crippen MR) is 142 cm³/mol. The smallest absolute Gasteiger partial charge is 0.387 e. The largest absolute Gasteiger partial charge is 0.434 e. The molecule has 0 bridgehead atoms. The maximum absolute atomic E-state index is 14.4. The summed E-state index contributed by atoms with van der Waals surface area (Å²) in [5.41, 5.74) is 9.59. The van der Waals surface area contributed by atoms with Gasteiger partial charge in [0.05, 0.1) is 17.3 Å². The SMILES string of the molecule is Cc1c(-c2cnc3[nH]cc([C@H](C)c4c(OC(F)F)ccc(F)c4Cl)c3c2)cnn1C1CCC(CC(N)=O)CC1. The zero-order valence-corrected chi connectivity index (χ0v) is 22.3. The number of nitrogens with zero attached hydrogens (tertiary/aromatic N) is 3. The average Bonchev–Trinajstić information content (AvgIpc) is 3.49. The fraction of sp³-hybridized carbons (Fsp3) is 0.393. The molecule has 11 heteroatoms. The molecule has 3 aromatic heterocycles. The van der Waals surface area contributed by atoms with Crippen molar-refractivity contribution in [2.24, 2.45) is 11.7 Å². The zero-order valence-electron chi connectivity index (χ0n) is 21.6. The fourth-order valence-corrected chi connectivity index (χ4v) is 6.11. The van der Waals surface area contributed by atoms with Gasteiger partial charge in [-0.3, -0.25) is 9.48 Å². The van der Waals surface area contributed by atoms with E-state index < -0.39 is 18.3 Å². The third kappa shape index (κ3) is 5.34. The van der Waals surface area contributed by atoms with Crippen molar-refractivity contribution >= 4 is 28.5 Å². The minimum Gasteiger partial charge on any atom is -0.434 e. The van der Waals surface area contributed by atoms with Crippen molar-refractivity contribution in [3.8, 4) is 16.9 Å². The van der Waals surface area contributed by atoms with E-state index in [9.17, 15) is 18.0 Å². The molecule has 1 aromatic carbocycles. The van der Waals surface area contributed by atoms with Gasteiger partial charge < -0.3 is 15.5 Å². The van der Waals surface area contributed by atoms with Gasteiger partial charge in [0.2, 0.25) is 5.91 Å². The zero-order chi connectivity index (χ0) is 27.8. The summed E-state index contributed by atoms with van der Waals surface area (Å²) in [7, 11) is 0. The molecular weight excluding hydrogens is 531 g/mol. The molecule has 0 unspecified atom stereocenters. The van der Waals surface area contributed by atoms with Gasteiger partial charge in [-0.1, -0.05) is 18.5 Å². The lowest BCUT2D eigenvalue weighted by atomic mass is 9.84. The molecule has 5 rings (SSSR count). The number of hydrogen-bond donors (Lipinski definition) is 2. The molecule has 1 aliphatic carbocycles. The topological polar surface area (TPSA) is 98.8 Å². The summed E-state index contributed by atoms with van der Waals surface area (Å²) in [6.45, 7) is 0.696. The number of nitrogens with one attached hydrogen (secondary N) is 1. The van der Waals surface area contributed by atoms with Crippen LogP contribution >= 0.6 is 11.6 Å². The van der Waals surface area contributed by atoms with Gasteiger partial charge in [-0.05, 0) is 62.3 Å². The van der Waals surface area contributed by atoms with Crippen LogP contribution in [0.1, 0.15) is 67.8 Å². The first-order valence-corrected chi connectivity index (χ1v) is 13.2. The molecule has 206 valence electrons. The second-order valence-electron chi connectivity index (χ2n) is 10.2. The summed E-state index contributed by atoms with van der Waals surface area (Å²) in [5, 5.41) is 5.17. The molecule has 39 heavy (non-hydrogen) atoms. The molecule has 1 aliphatic rings. The van der Waals surface area contributed by atoms with Crippen molar-refractivity contribution in [3.63, 3.8) is 0 Å². The summed E-state index contributed by atoms with van der Waals surface area (Å²) in [6.07, 6.45) is 9.44. The van der Waals surface area contributed by atoms with E-state index >= 15 is 0 Å². The Morgan fingerprint density at radius 1 is 1.26 bits per heavy atom. The Labute approximate surface area is 228 Å². The quantitative estimate of drug-likeness (QED) is 0.245. The molecule has 0 aliphatic heterocycles. The average molecular weight is 560 g/mol. The molecule has 0 saturated heterocycles. The van der Waals surface area contributed by atoms with Crippen LogP contribution in [0, 0.1) is 18.7 Å². The molecule has 3 N–H and O–H groups in total. The summed E-state index contributed by atoms with van der Waals surface area (Å²) in [4.78, 5) is 19.0. The number of aromatic nitrogens is 4. The lowest BCUT2D eigenvalue weighted by Gasteiger charge is -2.28. The van der Waals surface area contributed by atoms with Crippen LogP contribution < -0.4 is 10.5 Å². The second-order valence-corrected chi connectivity index (χ2v) is 10.5. The van der Waals surface area contributed by atoms with Gasteiger partial charge in [-0.2, -0.15) is 13.9 Å². The monoisotopic (exact) mass is 559 g/mol. The van der Waals surface area contributed by atoms with Crippen LogP contribution in [0.4, 0.5) is 13.2 Å². The molecule has 1 saturated carbocycles. The van der Waals surface area contributed by atoms with Crippen LogP contribution in [0.25, 0.3) is 22.2 Å². The minimum absolute atomic E-state index is 0.138. The summed E-state index contributed by atoms with van der Waals surface area (Å²) in [6, 6.07) is 4.38. The Kier molecular flexibility index (Phi) is 7.57. The highest BCUT2D eigenvalue weighted by Crippen LogP contribution is 2.42. The lowest BCUT2D eigenvalue weighted by Crippen LogP contribution is -2.23. The Balaban J connectivity index is 1.46. The number of rotatable bonds is 8. The normalized spacial score (nSPS) is 18.5. The highest BCUT2D eigenvalue weighted by atomic mass is 35.5. The van der Waals surface area contributed by atoms with E-state index in [-0.39, 0.29) is 28.3 Å². The van der Waals surface area contributed by atoms with E-state index in [0.29, 0.717) is 23.5 Å². The van der Waals surface area contributed by atoms with E-state index in [0.717, 1.165) is 60.0 Å². The van der Waals surface area contributed by atoms with Crippen LogP contribution in [0.15, 0.2) is 36.8 Å². The van der Waals surface area contributed by atoms with E-state index in [1.54, 1.807) is 19.3 Å². The Hall–Kier alpha value is -3.53. The van der Waals surface area contributed by atoms with Gasteiger partial charge in [0, 0.05) is 52.5 Å². The number of H-pyrrole nitrogens is 1. The maximum atomic E-state index is 14.4. The van der Waals surface area contributed by atoms with Crippen molar-refractivity contribution < 1.29 is 22.7 Å². The lowest BCUT2D eigenvalue weighted by molar-refractivity contribution is -0.119. The Morgan fingerprint density at radius 2 is 2.00 bits per heavy atom. The Morgan fingerprint density at radius 3 is 2.69 bits per heavy atom. The summed E-state index contributed by atoms with van der Waals surface area (Å²) >= 11 is 6.24. The first-order valence-electron chi connectivity index (χ1n) is 12.9. The third-order valence-electron chi connectivity index (χ3n) is 7.78. The van der Waals surface area contributed by atoms with E-state index in [1.807, 2.05) is 23.9 Å². The number of carbonyl (C=O) groups is 1. The maximum Gasteiger partial charge on any atom is 0.387 e. The number of aromatic amines is 1. The van der Waals surface area contributed by atoms with Gasteiger partial charge >= 0.3 is 6.61 Å². The van der Waals surface area contributed by atoms with Crippen molar-refractivity contribution in [1.82, 2.24) is 19.7 Å². The van der Waals surface area contributed by atoms with Crippen molar-refractivity contribution in [2.75, 3.05) is 0 Å². The van der Waals surface area contributed by atoms with Gasteiger partial charge in [-0.15, -0.1) is 0 Å². The highest BCUT2D eigenvalue weighted by molar-refractivity contribution is 6.31. The van der Waals surface area contributed by atoms with Crippen LogP contribution in [-0.4, -0.2) is 32.3 Å². The number of hydrogen-bond acceptors (Lipinski definition) is 4. The fourth-order valence-electron chi connectivity index (χ4n) is 5.79. The number of benzene rings is 1. The third-order valence-corrected chi connectivity index (χ3v) is 8.16. The van der Waals surface area contributed by atoms with Crippen molar-refractivity contribution in [3.05, 3.63) is 64.5 Å². The van der Waals surface area contributed by atoms with Crippen LogP contribution in [0.5, 0.6) is 5.75 Å². The molecule has 7 nitrogen and oxygen atoms in total. The minimum atomic E-state index is -3.08. The number of alkyl halides is 2. The van der Waals surface area contributed by atoms with Crippen molar-refractivity contribution in [2.45, 2.75) is 64.5 Å². The van der Waals surface area contributed by atoms with Gasteiger partial charge in [0.1, 0.15) is 17.2 Å². The predicted octanol–water partition coefficient (Wildman–Crippen LogP) is 6.89. The summed E-state index contributed by atoms with van der Waals surface area (Å²) < 4.78 is 47.2. The Bertz CT molecular complexity index is 1510. The number of fused-ring (bicyclic) bond motifs is 1. The van der Waals surface area contributed by atoms with Crippen LogP contribution in [0.3, 0.4) is 0 Å². The van der Waals surface area contributed by atoms with Gasteiger partial charge in [-0.25, -0.2) is 9.37 Å². The molecule has 0 radical (unpaired) electrons. The standard InChI is InChI=1S/C28H29ClF3N5O2/c1-14(25-23(39-28(31)32)8-7-22(30)26(25)29)20-12-35-27-19(20)10-17(11-34-27)21-13-36-37(15(21)2)18-5-3-16(4-6-18)9-24(33)38/h7-8,10-14,16,18,28H,3-6,9H2,1-2H3,(H2,33,38)(H,34,35)/t14-,16?,18?/m0/s1. The van der Waals surface area contributed by atoms with Crippen LogP contribution in [0.2, 0.25) is 5.02 Å². The number of halogens is 4. The number of pyridine rings is 1. The number of carbonyl (C=O) groups excluding carboxylic acids is 1. The molecule has 1 atom stereocenters. The number of amides is 1. The van der Waals surface area contributed by atoms with Crippen molar-refractivity contribution in [1.29, 1.82) is 0 Å². The van der Waals surface area contributed by atoms with Gasteiger partial charge in [0.15, 0.2) is 0 Å². The number of ether oxygens (including phenoxy) is 1. The molecule has 1 fully saturated rings. The highest BCUT2D eigenvalue weighted by Gasteiger charge is 2.27. The van der Waals surface area contributed by atoms with Gasteiger partial charge in [0.25, 0.3) is 0 Å². The molecule has 4 aromatic rings. The number of primary amides is 1. The second kappa shape index (κ2) is 10.9. The first kappa shape index (κ1) is 27.1. The molecule has 3 heterocycles.